The Labute approximate surface area is 72.2 Å². The van der Waals surface area contributed by atoms with Gasteiger partial charge in [0.25, 0.3) is 0 Å². The molecule has 2 rings (SSSR count). The van der Waals surface area contributed by atoms with Crippen LogP contribution in [0.25, 0.3) is 0 Å². The largest absolute Gasteiger partial charge is 0.269 e. The van der Waals surface area contributed by atoms with E-state index in [9.17, 15) is 0 Å². The molecule has 64 valence electrons. The zero-order valence-electron chi connectivity index (χ0n) is 7.03. The minimum absolute atomic E-state index is 0.921. The van der Waals surface area contributed by atoms with E-state index in [4.69, 9.17) is 5.84 Å². The summed E-state index contributed by atoms with van der Waals surface area (Å²) in [4.78, 5) is 4.33. The van der Waals surface area contributed by atoms with Crippen molar-refractivity contribution < 1.29 is 0 Å². The fourth-order valence-corrected chi connectivity index (χ4v) is 1.55. The Morgan fingerprint density at radius 3 is 3.08 bits per heavy atom. The van der Waals surface area contributed by atoms with Gasteiger partial charge in [-0.2, -0.15) is 0 Å². The van der Waals surface area contributed by atoms with E-state index in [1.54, 1.807) is 0 Å². The molecule has 0 radical (unpaired) electrons. The number of nitrogens with zero attached hydrogens (tertiary/aromatic N) is 2. The molecule has 0 atom stereocenters. The van der Waals surface area contributed by atoms with Crippen LogP contribution in [0.2, 0.25) is 0 Å². The molecule has 1 aliphatic heterocycles. The van der Waals surface area contributed by atoms with E-state index in [-0.39, 0.29) is 0 Å². The maximum Gasteiger partial charge on any atom is 0.0449 e. The molecule has 0 amide bonds. The molecule has 0 bridgehead atoms. The summed E-state index contributed by atoms with van der Waals surface area (Å²) in [7, 11) is 0. The topological polar surface area (TPSA) is 42.1 Å². The van der Waals surface area contributed by atoms with E-state index >= 15 is 0 Å². The minimum atomic E-state index is 0.921. The summed E-state index contributed by atoms with van der Waals surface area (Å²) < 4.78 is 0. The van der Waals surface area contributed by atoms with Crippen molar-refractivity contribution in [2.24, 2.45) is 5.84 Å². The van der Waals surface area contributed by atoms with Crippen LogP contribution in [0.3, 0.4) is 0 Å². The molecule has 0 aliphatic carbocycles. The molecule has 0 aromatic carbocycles. The van der Waals surface area contributed by atoms with Gasteiger partial charge in [-0.3, -0.25) is 10.8 Å². The van der Waals surface area contributed by atoms with Crippen molar-refractivity contribution >= 4 is 0 Å². The molecule has 2 heterocycles. The molecule has 0 unspecified atom stereocenters. The number of hydrogen-bond donors (Lipinski definition) is 1. The van der Waals surface area contributed by atoms with E-state index in [0.717, 1.165) is 25.9 Å². The smallest absolute Gasteiger partial charge is 0.0449 e. The molecule has 3 nitrogen and oxygen atoms in total. The second-order valence-electron chi connectivity index (χ2n) is 3.15. The summed E-state index contributed by atoms with van der Waals surface area (Å²) in [5.74, 6) is 5.72. The summed E-state index contributed by atoms with van der Waals surface area (Å²) in [6.07, 6.45) is 3.86. The first kappa shape index (κ1) is 7.71. The third-order valence-corrected chi connectivity index (χ3v) is 2.29. The molecular formula is C9H13N3. The molecular weight excluding hydrogens is 150 g/mol. The molecule has 12 heavy (non-hydrogen) atoms. The Bertz CT molecular complexity index is 245. The third kappa shape index (κ3) is 1.47. The van der Waals surface area contributed by atoms with Crippen molar-refractivity contribution in [2.45, 2.75) is 12.8 Å². The highest BCUT2D eigenvalue weighted by molar-refractivity contribution is 5.21. The molecule has 1 aliphatic rings. The third-order valence-electron chi connectivity index (χ3n) is 2.29. The van der Waals surface area contributed by atoms with E-state index in [2.05, 4.69) is 11.1 Å². The zero-order chi connectivity index (χ0) is 8.39. The van der Waals surface area contributed by atoms with E-state index in [1.165, 1.54) is 11.3 Å². The second-order valence-corrected chi connectivity index (χ2v) is 3.15. The van der Waals surface area contributed by atoms with Gasteiger partial charge >= 0.3 is 0 Å². The number of hydrogen-bond acceptors (Lipinski definition) is 3. The monoisotopic (exact) mass is 163 g/mol. The summed E-state index contributed by atoms with van der Waals surface area (Å²) in [5, 5.41) is 1.86. The van der Waals surface area contributed by atoms with Crippen LogP contribution in [0.1, 0.15) is 11.3 Å². The zero-order valence-corrected chi connectivity index (χ0v) is 7.03. The van der Waals surface area contributed by atoms with Crippen LogP contribution in [0.15, 0.2) is 18.3 Å². The number of aromatic nitrogens is 1. The van der Waals surface area contributed by atoms with Crippen molar-refractivity contribution in [2.75, 3.05) is 13.1 Å². The van der Waals surface area contributed by atoms with Gasteiger partial charge in [-0.15, -0.1) is 0 Å². The van der Waals surface area contributed by atoms with Gasteiger partial charge in [0, 0.05) is 31.4 Å². The normalized spacial score (nSPS) is 18.4. The lowest BCUT2D eigenvalue weighted by Gasteiger charge is -2.10. The fraction of sp³-hybridized carbons (Fsp3) is 0.444. The maximum atomic E-state index is 5.72. The Kier molecular flexibility index (Phi) is 2.06. The average Bonchev–Trinajstić information content (AvgIpc) is 2.29. The van der Waals surface area contributed by atoms with Crippen LogP contribution in [-0.2, 0) is 12.8 Å². The molecule has 0 fully saturated rings. The van der Waals surface area contributed by atoms with Gasteiger partial charge in [0.1, 0.15) is 0 Å². The van der Waals surface area contributed by atoms with Crippen LogP contribution in [0, 0.1) is 0 Å². The fourth-order valence-electron chi connectivity index (χ4n) is 1.55. The highest BCUT2D eigenvalue weighted by atomic mass is 15.4. The van der Waals surface area contributed by atoms with Crippen LogP contribution >= 0.6 is 0 Å². The number of rotatable bonds is 0. The first-order valence-electron chi connectivity index (χ1n) is 4.28. The quantitative estimate of drug-likeness (QED) is 0.561. The highest BCUT2D eigenvalue weighted by Gasteiger charge is 2.10. The summed E-state index contributed by atoms with van der Waals surface area (Å²) >= 11 is 0. The van der Waals surface area contributed by atoms with Gasteiger partial charge in [-0.25, -0.2) is 5.01 Å². The lowest BCUT2D eigenvalue weighted by Crippen LogP contribution is -2.33. The molecule has 3 heteroatoms. The molecule has 1 aromatic rings. The lowest BCUT2D eigenvalue weighted by molar-refractivity contribution is 0.298. The van der Waals surface area contributed by atoms with Gasteiger partial charge in [-0.05, 0) is 18.1 Å². The van der Waals surface area contributed by atoms with Gasteiger partial charge in [0.15, 0.2) is 0 Å². The average molecular weight is 163 g/mol. The molecule has 0 spiro atoms. The maximum absolute atomic E-state index is 5.72. The second kappa shape index (κ2) is 3.21. The molecule has 0 saturated carbocycles. The Balaban J connectivity index is 2.26. The Hall–Kier alpha value is -0.930. The summed E-state index contributed by atoms with van der Waals surface area (Å²) in [5.41, 5.74) is 2.57. The van der Waals surface area contributed by atoms with Crippen LogP contribution in [-0.4, -0.2) is 23.1 Å². The van der Waals surface area contributed by atoms with E-state index in [1.807, 2.05) is 17.3 Å². The van der Waals surface area contributed by atoms with E-state index in [0.29, 0.717) is 0 Å². The highest BCUT2D eigenvalue weighted by Crippen LogP contribution is 2.10. The standard InChI is InChI=1S/C9H13N3/c10-12-6-3-8-2-1-5-11-9(8)4-7-12/h1-2,5H,3-4,6-7,10H2. The lowest BCUT2D eigenvalue weighted by atomic mass is 10.1. The van der Waals surface area contributed by atoms with Crippen molar-refractivity contribution in [1.82, 2.24) is 9.99 Å². The predicted octanol–water partition coefficient (Wildman–Crippen LogP) is 0.356. The number of fused-ring (bicyclic) bond motifs is 1. The van der Waals surface area contributed by atoms with Crippen LogP contribution in [0.4, 0.5) is 0 Å². The van der Waals surface area contributed by atoms with Gasteiger partial charge in [0.2, 0.25) is 0 Å². The van der Waals surface area contributed by atoms with Crippen molar-refractivity contribution in [1.29, 1.82) is 0 Å². The van der Waals surface area contributed by atoms with Gasteiger partial charge in [-0.1, -0.05) is 6.07 Å². The SMILES string of the molecule is NN1CCc2cccnc2CC1. The Morgan fingerprint density at radius 2 is 2.17 bits per heavy atom. The predicted molar refractivity (Wildman–Crippen MR) is 47.4 cm³/mol. The molecule has 0 saturated heterocycles. The molecule has 2 N–H and O–H groups in total. The van der Waals surface area contributed by atoms with Crippen molar-refractivity contribution in [3.8, 4) is 0 Å². The van der Waals surface area contributed by atoms with Crippen molar-refractivity contribution in [3.05, 3.63) is 29.6 Å². The summed E-state index contributed by atoms with van der Waals surface area (Å²) in [6.45, 7) is 1.86. The Morgan fingerprint density at radius 1 is 1.33 bits per heavy atom. The first-order valence-corrected chi connectivity index (χ1v) is 4.28. The number of hydrazine groups is 1. The molecule has 1 aromatic heterocycles. The first-order chi connectivity index (χ1) is 5.86. The number of nitrogens with two attached hydrogens (primary N) is 1. The van der Waals surface area contributed by atoms with Gasteiger partial charge in [0.05, 0.1) is 0 Å². The summed E-state index contributed by atoms with van der Waals surface area (Å²) in [6, 6.07) is 4.13. The van der Waals surface area contributed by atoms with Crippen LogP contribution in [0.5, 0.6) is 0 Å². The van der Waals surface area contributed by atoms with Crippen molar-refractivity contribution in [3.63, 3.8) is 0 Å². The van der Waals surface area contributed by atoms with E-state index < -0.39 is 0 Å². The van der Waals surface area contributed by atoms with Crippen LogP contribution < -0.4 is 5.84 Å². The minimum Gasteiger partial charge on any atom is -0.269 e. The number of pyridine rings is 1. The van der Waals surface area contributed by atoms with Gasteiger partial charge < -0.3 is 0 Å².